The topological polar surface area (TPSA) is 66.4 Å². The molecule has 0 spiro atoms. The molecule has 0 bridgehead atoms. The van der Waals surface area contributed by atoms with Crippen LogP contribution in [-0.2, 0) is 16.0 Å². The number of aliphatic carboxylic acids is 1. The molecule has 1 fully saturated rings. The highest BCUT2D eigenvalue weighted by Gasteiger charge is 2.32. The number of aryl methyl sites for hydroxylation is 1. The molecule has 0 aromatic heterocycles. The molecule has 1 atom stereocenters. The summed E-state index contributed by atoms with van der Waals surface area (Å²) >= 11 is 0. The summed E-state index contributed by atoms with van der Waals surface area (Å²) in [5.41, 5.74) is 2.78. The van der Waals surface area contributed by atoms with E-state index in [1.54, 1.807) is 0 Å². The largest absolute Gasteiger partial charge is 0.481 e. The quantitative estimate of drug-likeness (QED) is 0.889. The van der Waals surface area contributed by atoms with Gasteiger partial charge in [0.1, 0.15) is 0 Å². The Labute approximate surface area is 118 Å². The van der Waals surface area contributed by atoms with Crippen LogP contribution in [0.15, 0.2) is 18.2 Å². The van der Waals surface area contributed by atoms with Crippen molar-refractivity contribution in [2.24, 2.45) is 5.92 Å². The van der Waals surface area contributed by atoms with Gasteiger partial charge in [-0.15, -0.1) is 0 Å². The maximum atomic E-state index is 11.6. The van der Waals surface area contributed by atoms with Crippen LogP contribution >= 0.6 is 0 Å². The minimum Gasteiger partial charge on any atom is -0.481 e. The molecule has 1 unspecified atom stereocenters. The number of carbonyl (C=O) groups excluding carboxylic acids is 1. The molecule has 20 heavy (non-hydrogen) atoms. The van der Waals surface area contributed by atoms with Crippen LogP contribution in [0, 0.1) is 5.92 Å². The SMILES string of the molecule is O=C1CCc2cc(C(C(=O)O)C3CCCC3)ccc2N1. The summed E-state index contributed by atoms with van der Waals surface area (Å²) in [6.07, 6.45) is 5.46. The predicted molar refractivity (Wildman–Crippen MR) is 75.7 cm³/mol. The second kappa shape index (κ2) is 5.27. The number of nitrogens with one attached hydrogen (secondary N) is 1. The van der Waals surface area contributed by atoms with E-state index >= 15 is 0 Å². The zero-order chi connectivity index (χ0) is 14.1. The highest BCUT2D eigenvalue weighted by Crippen LogP contribution is 2.39. The number of hydrogen-bond donors (Lipinski definition) is 2. The minimum absolute atomic E-state index is 0.0378. The Kier molecular flexibility index (Phi) is 3.47. The van der Waals surface area contributed by atoms with E-state index in [4.69, 9.17) is 0 Å². The fourth-order valence-electron chi connectivity index (χ4n) is 3.50. The molecule has 1 aromatic rings. The van der Waals surface area contributed by atoms with E-state index in [0.717, 1.165) is 42.5 Å². The number of anilines is 1. The third-order valence-electron chi connectivity index (χ3n) is 4.52. The van der Waals surface area contributed by atoms with Crippen LogP contribution in [0.4, 0.5) is 5.69 Å². The molecular weight excluding hydrogens is 254 g/mol. The first-order chi connectivity index (χ1) is 9.65. The van der Waals surface area contributed by atoms with Gasteiger partial charge in [0, 0.05) is 12.1 Å². The molecule has 106 valence electrons. The van der Waals surface area contributed by atoms with E-state index < -0.39 is 11.9 Å². The van der Waals surface area contributed by atoms with Crippen molar-refractivity contribution in [1.29, 1.82) is 0 Å². The predicted octanol–water partition coefficient (Wildman–Crippen LogP) is 2.93. The summed E-state index contributed by atoms with van der Waals surface area (Å²) in [7, 11) is 0. The number of hydrogen-bond acceptors (Lipinski definition) is 2. The maximum Gasteiger partial charge on any atom is 0.311 e. The van der Waals surface area contributed by atoms with Crippen LogP contribution in [-0.4, -0.2) is 17.0 Å². The molecule has 4 nitrogen and oxygen atoms in total. The van der Waals surface area contributed by atoms with Crippen LogP contribution in [0.5, 0.6) is 0 Å². The minimum atomic E-state index is -0.725. The van der Waals surface area contributed by atoms with Gasteiger partial charge in [-0.3, -0.25) is 9.59 Å². The number of carbonyl (C=O) groups is 2. The lowest BCUT2D eigenvalue weighted by Crippen LogP contribution is -2.22. The molecule has 0 radical (unpaired) electrons. The van der Waals surface area contributed by atoms with Crippen molar-refractivity contribution in [3.05, 3.63) is 29.3 Å². The fourth-order valence-corrected chi connectivity index (χ4v) is 3.50. The van der Waals surface area contributed by atoms with Gasteiger partial charge in [-0.05, 0) is 42.4 Å². The van der Waals surface area contributed by atoms with E-state index in [1.807, 2.05) is 18.2 Å². The van der Waals surface area contributed by atoms with E-state index in [-0.39, 0.29) is 11.8 Å². The summed E-state index contributed by atoms with van der Waals surface area (Å²) < 4.78 is 0. The Balaban J connectivity index is 1.91. The first-order valence-corrected chi connectivity index (χ1v) is 7.30. The van der Waals surface area contributed by atoms with Crippen LogP contribution in [0.25, 0.3) is 0 Å². The highest BCUT2D eigenvalue weighted by molar-refractivity contribution is 5.94. The number of rotatable bonds is 3. The third kappa shape index (κ3) is 2.42. The Morgan fingerprint density at radius 1 is 1.25 bits per heavy atom. The van der Waals surface area contributed by atoms with Crippen molar-refractivity contribution in [3.8, 4) is 0 Å². The van der Waals surface area contributed by atoms with Crippen LogP contribution in [0.3, 0.4) is 0 Å². The molecule has 1 saturated carbocycles. The van der Waals surface area contributed by atoms with Crippen molar-refractivity contribution in [2.75, 3.05) is 5.32 Å². The Morgan fingerprint density at radius 3 is 2.70 bits per heavy atom. The summed E-state index contributed by atoms with van der Waals surface area (Å²) in [6.45, 7) is 0. The molecule has 1 aromatic carbocycles. The molecular formula is C16H19NO3. The van der Waals surface area contributed by atoms with Gasteiger partial charge in [0.25, 0.3) is 0 Å². The first-order valence-electron chi connectivity index (χ1n) is 7.30. The van der Waals surface area contributed by atoms with Crippen LogP contribution in [0.2, 0.25) is 0 Å². The molecule has 2 N–H and O–H groups in total. The van der Waals surface area contributed by atoms with E-state index in [9.17, 15) is 14.7 Å². The number of carboxylic acid groups (broad SMARTS) is 1. The molecule has 1 heterocycles. The molecule has 1 aliphatic carbocycles. The van der Waals surface area contributed by atoms with Gasteiger partial charge in [0.05, 0.1) is 5.92 Å². The molecule has 2 aliphatic rings. The molecule has 1 aliphatic heterocycles. The maximum absolute atomic E-state index is 11.6. The second-order valence-corrected chi connectivity index (χ2v) is 5.83. The number of carboxylic acids is 1. The number of benzene rings is 1. The van der Waals surface area contributed by atoms with Gasteiger partial charge in [0.15, 0.2) is 0 Å². The normalized spacial score (nSPS) is 20.3. The van der Waals surface area contributed by atoms with Gasteiger partial charge >= 0.3 is 5.97 Å². The zero-order valence-electron chi connectivity index (χ0n) is 11.4. The van der Waals surface area contributed by atoms with Gasteiger partial charge < -0.3 is 10.4 Å². The Morgan fingerprint density at radius 2 is 2.00 bits per heavy atom. The zero-order valence-corrected chi connectivity index (χ0v) is 11.4. The fraction of sp³-hybridized carbons (Fsp3) is 0.500. The second-order valence-electron chi connectivity index (χ2n) is 5.83. The van der Waals surface area contributed by atoms with Gasteiger partial charge in [0.2, 0.25) is 5.91 Å². The highest BCUT2D eigenvalue weighted by atomic mass is 16.4. The average molecular weight is 273 g/mol. The van der Waals surface area contributed by atoms with Crippen molar-refractivity contribution >= 4 is 17.6 Å². The van der Waals surface area contributed by atoms with E-state index in [0.29, 0.717) is 12.8 Å². The van der Waals surface area contributed by atoms with Crippen LogP contribution in [0.1, 0.15) is 49.1 Å². The molecule has 3 rings (SSSR count). The lowest BCUT2D eigenvalue weighted by Gasteiger charge is -2.23. The van der Waals surface area contributed by atoms with Crippen molar-refractivity contribution in [3.63, 3.8) is 0 Å². The number of amides is 1. The smallest absolute Gasteiger partial charge is 0.311 e. The van der Waals surface area contributed by atoms with Gasteiger partial charge in [-0.25, -0.2) is 0 Å². The molecule has 0 saturated heterocycles. The summed E-state index contributed by atoms with van der Waals surface area (Å²) in [6, 6.07) is 5.69. The first kappa shape index (κ1) is 13.2. The van der Waals surface area contributed by atoms with Crippen LogP contribution < -0.4 is 5.32 Å². The summed E-state index contributed by atoms with van der Waals surface area (Å²) in [5.74, 6) is -0.836. The number of fused-ring (bicyclic) bond motifs is 1. The Bertz CT molecular complexity index is 547. The molecule has 1 amide bonds. The summed E-state index contributed by atoms with van der Waals surface area (Å²) in [5, 5.41) is 12.4. The lowest BCUT2D eigenvalue weighted by molar-refractivity contribution is -0.140. The Hall–Kier alpha value is -1.84. The van der Waals surface area contributed by atoms with Gasteiger partial charge in [-0.2, -0.15) is 0 Å². The third-order valence-corrected chi connectivity index (χ3v) is 4.52. The van der Waals surface area contributed by atoms with Crippen molar-refractivity contribution < 1.29 is 14.7 Å². The van der Waals surface area contributed by atoms with E-state index in [1.165, 1.54) is 0 Å². The van der Waals surface area contributed by atoms with Crippen molar-refractivity contribution in [1.82, 2.24) is 0 Å². The average Bonchev–Trinajstić information content (AvgIpc) is 2.92. The van der Waals surface area contributed by atoms with E-state index in [2.05, 4.69) is 5.32 Å². The summed E-state index contributed by atoms with van der Waals surface area (Å²) in [4.78, 5) is 23.0. The van der Waals surface area contributed by atoms with Crippen molar-refractivity contribution in [2.45, 2.75) is 44.4 Å². The monoisotopic (exact) mass is 273 g/mol. The molecule has 4 heteroatoms. The van der Waals surface area contributed by atoms with Gasteiger partial charge in [-0.1, -0.05) is 25.0 Å². The standard InChI is InChI=1S/C16H19NO3/c18-14-8-6-11-9-12(5-7-13(11)17-14)15(16(19)20)10-3-1-2-4-10/h5,7,9-10,15H,1-4,6,8H2,(H,17,18)(H,19,20). The lowest BCUT2D eigenvalue weighted by atomic mass is 9.83.